The number of hydrogen-bond donors (Lipinski definition) is 1. The van der Waals surface area contributed by atoms with E-state index in [9.17, 15) is 4.79 Å². The Morgan fingerprint density at radius 1 is 1.09 bits per heavy atom. The van der Waals surface area contributed by atoms with Gasteiger partial charge in [-0.15, -0.1) is 0 Å². The van der Waals surface area contributed by atoms with Crippen LogP contribution in [0.15, 0.2) is 42.5 Å². The summed E-state index contributed by atoms with van der Waals surface area (Å²) in [5.74, 6) is 0.904. The lowest BCUT2D eigenvalue weighted by Gasteiger charge is -2.18. The number of hydrogen-bond acceptors (Lipinski definition) is 2. The Hall–Kier alpha value is -2.29. The summed E-state index contributed by atoms with van der Waals surface area (Å²) in [5.41, 5.74) is 3.91. The minimum absolute atomic E-state index is 0.0892. The first-order valence-corrected chi connectivity index (χ1v) is 7.59. The maximum Gasteiger partial charge on any atom is 0.235 e. The van der Waals surface area contributed by atoms with E-state index >= 15 is 0 Å². The van der Waals surface area contributed by atoms with Crippen LogP contribution in [0.3, 0.4) is 0 Å². The summed E-state index contributed by atoms with van der Waals surface area (Å²) in [6.07, 6.45) is 1.80. The van der Waals surface area contributed by atoms with Gasteiger partial charge in [0.25, 0.3) is 0 Å². The van der Waals surface area contributed by atoms with Crippen molar-refractivity contribution in [2.24, 2.45) is 0 Å². The lowest BCUT2D eigenvalue weighted by atomic mass is 9.94. The molecule has 0 atom stereocenters. The summed E-state index contributed by atoms with van der Waals surface area (Å²) in [5, 5.41) is 3.11. The van der Waals surface area contributed by atoms with E-state index in [1.54, 1.807) is 7.11 Å². The second kappa shape index (κ2) is 5.48. The molecule has 1 saturated carbocycles. The number of anilines is 1. The van der Waals surface area contributed by atoms with Crippen LogP contribution < -0.4 is 10.1 Å². The van der Waals surface area contributed by atoms with Gasteiger partial charge < -0.3 is 10.1 Å². The van der Waals surface area contributed by atoms with Gasteiger partial charge in [0.1, 0.15) is 5.75 Å². The number of nitrogens with one attached hydrogen (secondary N) is 1. The molecule has 1 aliphatic rings. The minimum atomic E-state index is -0.373. The minimum Gasteiger partial charge on any atom is -0.497 e. The molecule has 0 aromatic heterocycles. The van der Waals surface area contributed by atoms with Crippen molar-refractivity contribution in [1.82, 2.24) is 0 Å². The van der Waals surface area contributed by atoms with Crippen molar-refractivity contribution >= 4 is 11.6 Å². The average molecular weight is 295 g/mol. The zero-order valence-corrected chi connectivity index (χ0v) is 13.3. The highest BCUT2D eigenvalue weighted by molar-refractivity contribution is 6.01. The smallest absolute Gasteiger partial charge is 0.235 e. The molecule has 1 amide bonds. The molecule has 3 rings (SSSR count). The summed E-state index contributed by atoms with van der Waals surface area (Å²) >= 11 is 0. The summed E-state index contributed by atoms with van der Waals surface area (Å²) in [6, 6.07) is 13.8. The highest BCUT2D eigenvalue weighted by atomic mass is 16.5. The number of methoxy groups -OCH3 is 1. The van der Waals surface area contributed by atoms with Gasteiger partial charge in [0, 0.05) is 5.69 Å². The molecule has 114 valence electrons. The zero-order chi connectivity index (χ0) is 15.7. The Kier molecular flexibility index (Phi) is 3.65. The third kappa shape index (κ3) is 2.47. The monoisotopic (exact) mass is 295 g/mol. The number of rotatable bonds is 4. The fourth-order valence-corrected chi connectivity index (χ4v) is 2.81. The fraction of sp³-hybridized carbons (Fsp3) is 0.316. The maximum atomic E-state index is 12.8. The second-order valence-corrected chi connectivity index (χ2v) is 6.01. The number of benzene rings is 2. The highest BCUT2D eigenvalue weighted by Crippen LogP contribution is 2.49. The number of ether oxygens (including phenoxy) is 1. The summed E-state index contributed by atoms with van der Waals surface area (Å²) < 4.78 is 5.19. The number of carbonyl (C=O) groups is 1. The number of amides is 1. The Balaban J connectivity index is 1.83. The van der Waals surface area contributed by atoms with Crippen molar-refractivity contribution in [3.63, 3.8) is 0 Å². The van der Waals surface area contributed by atoms with Crippen LogP contribution in [-0.4, -0.2) is 13.0 Å². The molecule has 0 spiro atoms. The van der Waals surface area contributed by atoms with Gasteiger partial charge in [0.2, 0.25) is 5.91 Å². The van der Waals surface area contributed by atoms with Gasteiger partial charge in [0.05, 0.1) is 12.5 Å². The van der Waals surface area contributed by atoms with Crippen LogP contribution >= 0.6 is 0 Å². The summed E-state index contributed by atoms with van der Waals surface area (Å²) in [6.45, 7) is 4.10. The van der Waals surface area contributed by atoms with Crippen molar-refractivity contribution in [2.45, 2.75) is 32.1 Å². The van der Waals surface area contributed by atoms with Gasteiger partial charge in [-0.1, -0.05) is 24.3 Å². The topological polar surface area (TPSA) is 38.3 Å². The van der Waals surface area contributed by atoms with Crippen molar-refractivity contribution in [1.29, 1.82) is 0 Å². The Labute approximate surface area is 131 Å². The van der Waals surface area contributed by atoms with Crippen molar-refractivity contribution < 1.29 is 9.53 Å². The molecule has 2 aromatic rings. The molecule has 3 nitrogen and oxygen atoms in total. The first-order chi connectivity index (χ1) is 10.6. The van der Waals surface area contributed by atoms with Crippen LogP contribution in [0.2, 0.25) is 0 Å². The lowest BCUT2D eigenvalue weighted by Crippen LogP contribution is -2.28. The molecule has 0 heterocycles. The molecule has 1 aliphatic carbocycles. The van der Waals surface area contributed by atoms with Gasteiger partial charge >= 0.3 is 0 Å². The van der Waals surface area contributed by atoms with Gasteiger partial charge in [-0.2, -0.15) is 0 Å². The van der Waals surface area contributed by atoms with E-state index in [0.717, 1.165) is 35.4 Å². The standard InChI is InChI=1S/C19H21NO2/c1-13-5-4-6-17(14(13)2)20-18(21)19(11-12-19)15-7-9-16(22-3)10-8-15/h4-10H,11-12H2,1-3H3,(H,20,21). The highest BCUT2D eigenvalue weighted by Gasteiger charge is 2.51. The third-order valence-corrected chi connectivity index (χ3v) is 4.68. The zero-order valence-electron chi connectivity index (χ0n) is 13.3. The average Bonchev–Trinajstić information content (AvgIpc) is 3.34. The molecule has 0 unspecified atom stereocenters. The SMILES string of the molecule is COc1ccc(C2(C(=O)Nc3cccc(C)c3C)CC2)cc1. The molecule has 0 aliphatic heterocycles. The van der Waals surface area contributed by atoms with Crippen LogP contribution in [0, 0.1) is 13.8 Å². The van der Waals surface area contributed by atoms with Gasteiger partial charge in [-0.3, -0.25) is 4.79 Å². The van der Waals surface area contributed by atoms with Crippen molar-refractivity contribution in [2.75, 3.05) is 12.4 Å². The lowest BCUT2D eigenvalue weighted by molar-refractivity contribution is -0.118. The van der Waals surface area contributed by atoms with Crippen LogP contribution in [-0.2, 0) is 10.2 Å². The van der Waals surface area contributed by atoms with Gasteiger partial charge in [0.15, 0.2) is 0 Å². The third-order valence-electron chi connectivity index (χ3n) is 4.68. The van der Waals surface area contributed by atoms with E-state index in [2.05, 4.69) is 18.3 Å². The van der Waals surface area contributed by atoms with Crippen LogP contribution in [0.4, 0.5) is 5.69 Å². The van der Waals surface area contributed by atoms with Crippen LogP contribution in [0.1, 0.15) is 29.5 Å². The van der Waals surface area contributed by atoms with E-state index in [1.165, 1.54) is 5.56 Å². The Morgan fingerprint density at radius 2 is 1.77 bits per heavy atom. The van der Waals surface area contributed by atoms with E-state index in [1.807, 2.05) is 43.3 Å². The number of carbonyl (C=O) groups excluding carboxylic acids is 1. The molecule has 0 bridgehead atoms. The Bertz CT molecular complexity index is 700. The van der Waals surface area contributed by atoms with E-state index < -0.39 is 0 Å². The Morgan fingerprint density at radius 3 is 2.36 bits per heavy atom. The quantitative estimate of drug-likeness (QED) is 0.926. The fourth-order valence-electron chi connectivity index (χ4n) is 2.81. The van der Waals surface area contributed by atoms with Crippen molar-refractivity contribution in [3.8, 4) is 5.75 Å². The van der Waals surface area contributed by atoms with E-state index in [-0.39, 0.29) is 11.3 Å². The van der Waals surface area contributed by atoms with Crippen LogP contribution in [0.25, 0.3) is 0 Å². The first-order valence-electron chi connectivity index (χ1n) is 7.59. The van der Waals surface area contributed by atoms with Gasteiger partial charge in [-0.05, 0) is 61.6 Å². The molecule has 2 aromatic carbocycles. The normalized spacial score (nSPS) is 15.2. The van der Waals surface area contributed by atoms with Crippen molar-refractivity contribution in [3.05, 3.63) is 59.2 Å². The van der Waals surface area contributed by atoms with Gasteiger partial charge in [-0.25, -0.2) is 0 Å². The molecule has 3 heteroatoms. The van der Waals surface area contributed by atoms with E-state index in [0.29, 0.717) is 0 Å². The van der Waals surface area contributed by atoms with Crippen LogP contribution in [0.5, 0.6) is 5.75 Å². The summed E-state index contributed by atoms with van der Waals surface area (Å²) in [7, 11) is 1.65. The number of aryl methyl sites for hydroxylation is 1. The predicted octanol–water partition coefficient (Wildman–Crippen LogP) is 3.98. The molecule has 1 fully saturated rings. The molecular formula is C19H21NO2. The molecule has 1 N–H and O–H groups in total. The van der Waals surface area contributed by atoms with E-state index in [4.69, 9.17) is 4.74 Å². The summed E-state index contributed by atoms with van der Waals surface area (Å²) in [4.78, 5) is 12.8. The molecular weight excluding hydrogens is 274 g/mol. The molecule has 0 radical (unpaired) electrons. The maximum absolute atomic E-state index is 12.8. The second-order valence-electron chi connectivity index (χ2n) is 6.01. The largest absolute Gasteiger partial charge is 0.497 e. The first kappa shape index (κ1) is 14.6. The molecule has 0 saturated heterocycles. The molecule has 22 heavy (non-hydrogen) atoms. The predicted molar refractivity (Wildman–Crippen MR) is 88.5 cm³/mol.